The second kappa shape index (κ2) is 9.81. The average molecular weight is 411 g/mol. The molecule has 8 heteroatoms. The van der Waals surface area contributed by atoms with Gasteiger partial charge in [0.2, 0.25) is 0 Å². The lowest BCUT2D eigenvalue weighted by molar-refractivity contribution is 0.0918. The highest BCUT2D eigenvalue weighted by atomic mass is 32.1. The molecule has 0 saturated carbocycles. The lowest BCUT2D eigenvalue weighted by Gasteiger charge is -2.17. The van der Waals surface area contributed by atoms with Crippen molar-refractivity contribution < 1.29 is 19.3 Å². The minimum Gasteiger partial charge on any atom is -0.473 e. The molecule has 1 atom stereocenters. The van der Waals surface area contributed by atoms with Gasteiger partial charge >= 0.3 is 0 Å². The third-order valence-corrected chi connectivity index (χ3v) is 4.60. The monoisotopic (exact) mass is 411 g/mol. The van der Waals surface area contributed by atoms with Crippen molar-refractivity contribution in [2.24, 2.45) is 0 Å². The summed E-state index contributed by atoms with van der Waals surface area (Å²) in [5.41, 5.74) is 4.42. The summed E-state index contributed by atoms with van der Waals surface area (Å²) in [7, 11) is 0. The number of carbonyl (C=O) groups is 1. The average Bonchev–Trinajstić information content (AvgIpc) is 3.25. The standard InChI is InChI=1S/C21H21N3O4S/c1-2-17(13-27-19-12-18(28-24-19)21(29)23-26)22-20(25)16-10-6-9-15(11-16)14-7-4-3-5-8-14/h3-12,17,26H,2,13H2,1H3,(H,22,25)(H,23,29)/t17-/m0/s1. The third-order valence-electron chi connectivity index (χ3n) is 4.31. The van der Waals surface area contributed by atoms with Gasteiger partial charge in [-0.05, 0) is 34.8 Å². The van der Waals surface area contributed by atoms with E-state index in [4.69, 9.17) is 26.7 Å². The summed E-state index contributed by atoms with van der Waals surface area (Å²) >= 11 is 4.84. The van der Waals surface area contributed by atoms with Crippen molar-refractivity contribution in [3.05, 3.63) is 72.0 Å². The lowest BCUT2D eigenvalue weighted by Crippen LogP contribution is -2.38. The second-order valence-corrected chi connectivity index (χ2v) is 6.72. The summed E-state index contributed by atoms with van der Waals surface area (Å²) in [6, 6.07) is 18.6. The summed E-state index contributed by atoms with van der Waals surface area (Å²) in [5, 5.41) is 15.5. The highest BCUT2D eigenvalue weighted by Gasteiger charge is 2.16. The van der Waals surface area contributed by atoms with Gasteiger partial charge in [-0.3, -0.25) is 15.5 Å². The smallest absolute Gasteiger partial charge is 0.254 e. The molecule has 0 aliphatic rings. The van der Waals surface area contributed by atoms with Gasteiger partial charge in [-0.1, -0.05) is 61.6 Å². The molecule has 3 rings (SSSR count). The predicted molar refractivity (Wildman–Crippen MR) is 112 cm³/mol. The van der Waals surface area contributed by atoms with E-state index in [2.05, 4.69) is 10.5 Å². The first kappa shape index (κ1) is 20.5. The van der Waals surface area contributed by atoms with Gasteiger partial charge < -0.3 is 14.6 Å². The first-order valence-electron chi connectivity index (χ1n) is 9.11. The number of hydrogen-bond acceptors (Lipinski definition) is 6. The van der Waals surface area contributed by atoms with Crippen molar-refractivity contribution in [1.29, 1.82) is 0 Å². The van der Waals surface area contributed by atoms with Crippen LogP contribution in [0.4, 0.5) is 0 Å². The molecule has 1 aromatic heterocycles. The number of carbonyl (C=O) groups excluding carboxylic acids is 1. The molecular formula is C21H21N3O4S. The van der Waals surface area contributed by atoms with E-state index in [1.54, 1.807) is 6.07 Å². The molecule has 150 valence electrons. The molecule has 3 aromatic rings. The minimum atomic E-state index is -0.217. The van der Waals surface area contributed by atoms with Crippen LogP contribution in [0, 0.1) is 0 Å². The second-order valence-electron chi connectivity index (χ2n) is 6.31. The van der Waals surface area contributed by atoms with Gasteiger partial charge in [0.1, 0.15) is 6.61 Å². The molecule has 2 aromatic carbocycles. The molecule has 1 heterocycles. The molecule has 0 fully saturated rings. The molecule has 7 nitrogen and oxygen atoms in total. The molecule has 0 bridgehead atoms. The van der Waals surface area contributed by atoms with E-state index in [1.165, 1.54) is 6.07 Å². The topological polar surface area (TPSA) is 96.6 Å². The number of nitrogens with zero attached hydrogens (tertiary/aromatic N) is 1. The number of hydrogen-bond donors (Lipinski definition) is 3. The van der Waals surface area contributed by atoms with Crippen molar-refractivity contribution in [3.63, 3.8) is 0 Å². The summed E-state index contributed by atoms with van der Waals surface area (Å²) in [6.07, 6.45) is 0.672. The van der Waals surface area contributed by atoms with E-state index in [-0.39, 0.29) is 35.2 Å². The molecule has 0 spiro atoms. The number of ether oxygens (including phenoxy) is 1. The van der Waals surface area contributed by atoms with Crippen LogP contribution in [0.1, 0.15) is 29.5 Å². The van der Waals surface area contributed by atoms with Gasteiger partial charge in [0.25, 0.3) is 11.8 Å². The molecule has 0 saturated heterocycles. The molecule has 29 heavy (non-hydrogen) atoms. The number of thiocarbonyl (C=S) groups is 1. The zero-order valence-electron chi connectivity index (χ0n) is 15.8. The fourth-order valence-corrected chi connectivity index (χ4v) is 2.77. The molecule has 0 aliphatic carbocycles. The number of rotatable bonds is 8. The van der Waals surface area contributed by atoms with E-state index in [0.717, 1.165) is 11.1 Å². The van der Waals surface area contributed by atoms with Crippen LogP contribution in [-0.2, 0) is 0 Å². The van der Waals surface area contributed by atoms with Gasteiger partial charge in [0, 0.05) is 5.56 Å². The Kier molecular flexibility index (Phi) is 6.94. The van der Waals surface area contributed by atoms with Crippen LogP contribution in [-0.4, -0.2) is 33.9 Å². The maximum absolute atomic E-state index is 12.7. The number of benzene rings is 2. The largest absolute Gasteiger partial charge is 0.473 e. The van der Waals surface area contributed by atoms with E-state index >= 15 is 0 Å². The molecular weight excluding hydrogens is 390 g/mol. The Morgan fingerprint density at radius 1 is 1.17 bits per heavy atom. The molecule has 1 amide bonds. The fraction of sp³-hybridized carbons (Fsp3) is 0.190. The van der Waals surface area contributed by atoms with E-state index in [1.807, 2.05) is 60.9 Å². The summed E-state index contributed by atoms with van der Waals surface area (Å²) in [5.74, 6) is 0.230. The fourth-order valence-electron chi connectivity index (χ4n) is 2.68. The van der Waals surface area contributed by atoms with E-state index < -0.39 is 0 Å². The van der Waals surface area contributed by atoms with Crippen LogP contribution in [0.5, 0.6) is 5.88 Å². The molecule has 0 radical (unpaired) electrons. The van der Waals surface area contributed by atoms with E-state index in [9.17, 15) is 4.79 Å². The number of nitrogens with one attached hydrogen (secondary N) is 2. The van der Waals surface area contributed by atoms with Crippen molar-refractivity contribution >= 4 is 23.1 Å². The number of amides is 1. The van der Waals surface area contributed by atoms with Gasteiger partial charge in [-0.25, -0.2) is 0 Å². The maximum atomic E-state index is 12.7. The highest BCUT2D eigenvalue weighted by Crippen LogP contribution is 2.20. The first-order valence-corrected chi connectivity index (χ1v) is 9.51. The Hall–Kier alpha value is -3.23. The van der Waals surface area contributed by atoms with Crippen LogP contribution >= 0.6 is 12.2 Å². The summed E-state index contributed by atoms with van der Waals surface area (Å²) < 4.78 is 10.5. The van der Waals surface area contributed by atoms with Crippen LogP contribution in [0.3, 0.4) is 0 Å². The van der Waals surface area contributed by atoms with E-state index in [0.29, 0.717) is 12.0 Å². The highest BCUT2D eigenvalue weighted by molar-refractivity contribution is 7.80. The summed E-state index contributed by atoms with van der Waals surface area (Å²) in [4.78, 5) is 12.7. The number of aromatic nitrogens is 1. The van der Waals surface area contributed by atoms with Gasteiger partial charge in [-0.2, -0.15) is 0 Å². The van der Waals surface area contributed by atoms with Crippen LogP contribution in [0.25, 0.3) is 11.1 Å². The van der Waals surface area contributed by atoms with Crippen LogP contribution in [0.15, 0.2) is 65.2 Å². The molecule has 0 aliphatic heterocycles. The quantitative estimate of drug-likeness (QED) is 0.385. The van der Waals surface area contributed by atoms with Gasteiger partial charge in [0.15, 0.2) is 10.7 Å². The van der Waals surface area contributed by atoms with Crippen LogP contribution in [0.2, 0.25) is 0 Å². The Labute approximate surface area is 173 Å². The molecule has 3 N–H and O–H groups in total. The Bertz CT molecular complexity index is 975. The minimum absolute atomic E-state index is 0.00555. The normalized spacial score (nSPS) is 11.5. The maximum Gasteiger partial charge on any atom is 0.254 e. The summed E-state index contributed by atoms with van der Waals surface area (Å²) in [6.45, 7) is 2.17. The Morgan fingerprint density at radius 2 is 1.93 bits per heavy atom. The predicted octanol–water partition coefficient (Wildman–Crippen LogP) is 3.58. The first-order chi connectivity index (χ1) is 14.1. The van der Waals surface area contributed by atoms with Gasteiger partial charge in [0.05, 0.1) is 12.1 Å². The van der Waals surface area contributed by atoms with Crippen molar-refractivity contribution in [2.75, 3.05) is 6.61 Å². The van der Waals surface area contributed by atoms with Crippen molar-refractivity contribution in [2.45, 2.75) is 19.4 Å². The van der Waals surface area contributed by atoms with Crippen molar-refractivity contribution in [3.8, 4) is 17.0 Å². The van der Waals surface area contributed by atoms with Crippen molar-refractivity contribution in [1.82, 2.24) is 16.0 Å². The number of hydroxylamine groups is 1. The lowest BCUT2D eigenvalue weighted by atomic mass is 10.0. The Balaban J connectivity index is 1.61. The van der Waals surface area contributed by atoms with Crippen LogP contribution < -0.4 is 15.5 Å². The third kappa shape index (κ3) is 5.40. The molecule has 0 unspecified atom stereocenters. The Morgan fingerprint density at radius 3 is 2.66 bits per heavy atom. The SMILES string of the molecule is CC[C@@H](COc1cc(C(=S)NO)on1)NC(=O)c1cccc(-c2ccccc2)c1. The zero-order chi connectivity index (χ0) is 20.6. The zero-order valence-corrected chi connectivity index (χ0v) is 16.6. The van der Waals surface area contributed by atoms with Gasteiger partial charge in [-0.15, -0.1) is 0 Å².